The van der Waals surface area contributed by atoms with Crippen LogP contribution in [0.15, 0.2) is 0 Å². The van der Waals surface area contributed by atoms with Gasteiger partial charge >= 0.3 is 25.3 Å². The summed E-state index contributed by atoms with van der Waals surface area (Å²) in [6.07, 6.45) is 0. The zero-order valence-electron chi connectivity index (χ0n) is 5.83. The maximum Gasteiger partial charge on any atom is 3.00 e. The van der Waals surface area contributed by atoms with E-state index in [2.05, 4.69) is 0 Å². The van der Waals surface area contributed by atoms with E-state index >= 15 is 0 Å². The second-order valence-electron chi connectivity index (χ2n) is 0.968. The molecular formula is H4AlF2NO7P2. The van der Waals surface area contributed by atoms with Crippen LogP contribution in [0.5, 0.6) is 0 Å². The molecule has 0 amide bonds. The molecule has 0 aromatic rings. The third-order valence-corrected chi connectivity index (χ3v) is 0.254. The van der Waals surface area contributed by atoms with Crippen LogP contribution in [0.1, 0.15) is 0 Å². The Morgan fingerprint density at radius 1 is 1.23 bits per heavy atom. The van der Waals surface area contributed by atoms with Gasteiger partial charge in [-0.1, -0.05) is 0 Å². The van der Waals surface area contributed by atoms with Crippen LogP contribution < -0.4 is 20.8 Å². The van der Waals surface area contributed by atoms with Gasteiger partial charge < -0.3 is 30.3 Å². The van der Waals surface area contributed by atoms with E-state index in [1.54, 1.807) is 0 Å². The van der Waals surface area contributed by atoms with E-state index in [4.69, 9.17) is 28.7 Å². The van der Waals surface area contributed by atoms with Crippen LogP contribution in [0.2, 0.25) is 0 Å². The Labute approximate surface area is 82.0 Å². The molecule has 0 spiro atoms. The molecule has 4 N–H and O–H groups in total. The maximum absolute atomic E-state index is 10.2. The van der Waals surface area contributed by atoms with E-state index < -0.39 is 15.7 Å². The van der Waals surface area contributed by atoms with E-state index in [0.29, 0.717) is 0 Å². The standard InChI is InChI=1S/Al.FH2O4P.FH2O3P.H3N/c;1-5-6(2,3)4;1-5(2,3)4;/h;(H2,2,3,4);(H2,2,3,4);1H3/q+3;;;/p-3. The van der Waals surface area contributed by atoms with Crippen molar-refractivity contribution < 1.29 is 42.2 Å². The molecule has 1 atom stereocenters. The van der Waals surface area contributed by atoms with Crippen LogP contribution in [0.4, 0.5) is 8.72 Å². The smallest absolute Gasteiger partial charge is 0.787 e. The molecule has 0 aliphatic heterocycles. The molecule has 78 valence electrons. The molecule has 13 heavy (non-hydrogen) atoms. The summed E-state index contributed by atoms with van der Waals surface area (Å²) in [4.78, 5) is 33.2. The third kappa shape index (κ3) is 109. The zero-order chi connectivity index (χ0) is 9.71. The fourth-order valence-corrected chi connectivity index (χ4v) is 0. The molecule has 0 saturated carbocycles. The van der Waals surface area contributed by atoms with E-state index in [0.717, 1.165) is 0 Å². The Bertz CT molecular complexity index is 177. The topological polar surface area (TPSA) is 168 Å². The van der Waals surface area contributed by atoms with Crippen molar-refractivity contribution in [3.8, 4) is 0 Å². The van der Waals surface area contributed by atoms with E-state index in [-0.39, 0.29) is 23.5 Å². The van der Waals surface area contributed by atoms with Crippen molar-refractivity contribution in [2.45, 2.75) is 0 Å². The molecular weight excluding hydrogens is 253 g/mol. The SMILES string of the molecule is N.O=P([O-])(O)F.O=P([O-])([O-])OF.[Al+3]. The predicted octanol–water partition coefficient (Wildman–Crippen LogP) is -2.09. The first-order valence-corrected chi connectivity index (χ1v) is 4.55. The van der Waals surface area contributed by atoms with Gasteiger partial charge in [0.05, 0.1) is 0 Å². The molecule has 0 fully saturated rings. The van der Waals surface area contributed by atoms with Crippen molar-refractivity contribution in [2.75, 3.05) is 0 Å². The fraction of sp³-hybridized carbons (Fsp3) is 0. The van der Waals surface area contributed by atoms with Crippen molar-refractivity contribution in [1.29, 1.82) is 0 Å². The van der Waals surface area contributed by atoms with Crippen molar-refractivity contribution in [3.05, 3.63) is 0 Å². The monoisotopic (exact) mass is 257 g/mol. The third-order valence-electron chi connectivity index (χ3n) is 0.0845. The minimum atomic E-state index is -5.39. The number of hydrogen-bond acceptors (Lipinski definition) is 7. The number of phosphoric acid groups is 1. The Morgan fingerprint density at radius 2 is 1.31 bits per heavy atom. The molecule has 1 unspecified atom stereocenters. The predicted molar refractivity (Wildman–Crippen MR) is 31.5 cm³/mol. The van der Waals surface area contributed by atoms with Gasteiger partial charge in [0, 0.05) is 0 Å². The average molecular weight is 257 g/mol. The van der Waals surface area contributed by atoms with E-state index in [9.17, 15) is 8.72 Å². The minimum Gasteiger partial charge on any atom is -0.787 e. The van der Waals surface area contributed by atoms with Crippen LogP contribution in [0.3, 0.4) is 0 Å². The van der Waals surface area contributed by atoms with Crippen LogP contribution >= 0.6 is 15.7 Å². The first kappa shape index (κ1) is 23.4. The van der Waals surface area contributed by atoms with Gasteiger partial charge in [-0.05, 0) is 4.53 Å². The van der Waals surface area contributed by atoms with Crippen LogP contribution in [0.25, 0.3) is 0 Å². The minimum absolute atomic E-state index is 0. The average Bonchev–Trinajstić information content (AvgIpc) is 1.59. The molecule has 0 aromatic heterocycles. The molecule has 0 aliphatic rings. The maximum atomic E-state index is 10.2. The van der Waals surface area contributed by atoms with E-state index in [1.807, 2.05) is 4.73 Å². The summed E-state index contributed by atoms with van der Waals surface area (Å²) in [5.41, 5.74) is 0. The Kier molecular flexibility index (Phi) is 16.5. The summed E-state index contributed by atoms with van der Waals surface area (Å²) < 4.78 is 39.7. The summed E-state index contributed by atoms with van der Waals surface area (Å²) >= 11 is 0. The Morgan fingerprint density at radius 3 is 1.31 bits per heavy atom. The number of hydrogen-bond donors (Lipinski definition) is 2. The van der Waals surface area contributed by atoms with Crippen molar-refractivity contribution in [3.63, 3.8) is 0 Å². The zero-order valence-corrected chi connectivity index (χ0v) is 8.78. The van der Waals surface area contributed by atoms with E-state index in [1.165, 1.54) is 0 Å². The summed E-state index contributed by atoms with van der Waals surface area (Å²) in [6.45, 7) is 0. The van der Waals surface area contributed by atoms with Crippen LogP contribution in [0, 0.1) is 0 Å². The van der Waals surface area contributed by atoms with Gasteiger partial charge in [0.1, 0.15) is 7.82 Å². The van der Waals surface area contributed by atoms with Gasteiger partial charge in [0.2, 0.25) is 0 Å². The Hall–Kier alpha value is 0.612. The number of halogens is 2. The molecule has 0 heterocycles. The quantitative estimate of drug-likeness (QED) is 0.398. The molecule has 0 saturated heterocycles. The van der Waals surface area contributed by atoms with Gasteiger partial charge in [0.25, 0.3) is 0 Å². The summed E-state index contributed by atoms with van der Waals surface area (Å²) in [5.74, 6) is 0. The first-order valence-electron chi connectivity index (χ1n) is 1.62. The number of rotatable bonds is 1. The Balaban J connectivity index is -0.0000000546. The summed E-state index contributed by atoms with van der Waals surface area (Å²) in [5, 5.41) is 0. The first-order chi connectivity index (χ1) is 4.56. The van der Waals surface area contributed by atoms with Gasteiger partial charge in [-0.25, -0.2) is 0 Å². The largest absolute Gasteiger partial charge is 3.00 e. The van der Waals surface area contributed by atoms with Gasteiger partial charge in [-0.3, -0.25) is 4.57 Å². The molecule has 13 heteroatoms. The normalized spacial score (nSPS) is 13.7. The van der Waals surface area contributed by atoms with Gasteiger partial charge in [-0.15, -0.1) is 0 Å². The van der Waals surface area contributed by atoms with Crippen LogP contribution in [-0.2, 0) is 13.9 Å². The molecule has 0 rings (SSSR count). The molecule has 0 aliphatic carbocycles. The molecule has 0 radical (unpaired) electrons. The second kappa shape index (κ2) is 9.18. The van der Waals surface area contributed by atoms with Crippen molar-refractivity contribution in [2.24, 2.45) is 0 Å². The van der Waals surface area contributed by atoms with Gasteiger partial charge in [-0.2, -0.15) is 8.93 Å². The summed E-state index contributed by atoms with van der Waals surface area (Å²) in [7, 11) is -10.7. The van der Waals surface area contributed by atoms with Crippen molar-refractivity contribution >= 4 is 33.1 Å². The van der Waals surface area contributed by atoms with Crippen LogP contribution in [-0.4, -0.2) is 22.3 Å². The fourth-order valence-electron chi connectivity index (χ4n) is 0. The molecule has 8 nitrogen and oxygen atoms in total. The summed E-state index contributed by atoms with van der Waals surface area (Å²) in [6, 6.07) is 0. The van der Waals surface area contributed by atoms with Gasteiger partial charge in [0.15, 0.2) is 0 Å². The van der Waals surface area contributed by atoms with Crippen molar-refractivity contribution in [1.82, 2.24) is 6.15 Å². The molecule has 0 bridgehead atoms. The second-order valence-corrected chi connectivity index (χ2v) is 2.90. The molecule has 0 aromatic carbocycles.